The molecule has 0 aromatic carbocycles. The van der Waals surface area contributed by atoms with Crippen LogP contribution in [0.1, 0.15) is 26.1 Å². The molecule has 0 saturated carbocycles. The van der Waals surface area contributed by atoms with Crippen molar-refractivity contribution in [1.82, 2.24) is 9.97 Å². The van der Waals surface area contributed by atoms with Crippen LogP contribution in [0.2, 0.25) is 0 Å². The average molecular weight is 270 g/mol. The standard InChI is InChI=1S/C11H18N4O2S/c1-3-9-13-8(12)6-10(14-9)15-11(2)4-5-18(16,17)7-11/h6H,3-5,7H2,1-2H3,(H3,12,13,14,15). The minimum absolute atomic E-state index is 0.130. The number of nitrogens with one attached hydrogen (secondary N) is 1. The number of nitrogens with two attached hydrogens (primary N) is 1. The molecule has 1 aromatic heterocycles. The van der Waals surface area contributed by atoms with E-state index in [0.29, 0.717) is 30.3 Å². The quantitative estimate of drug-likeness (QED) is 0.835. The summed E-state index contributed by atoms with van der Waals surface area (Å²) in [7, 11) is -2.94. The number of aryl methyl sites for hydroxylation is 1. The zero-order valence-electron chi connectivity index (χ0n) is 10.6. The van der Waals surface area contributed by atoms with E-state index in [0.717, 1.165) is 0 Å². The summed E-state index contributed by atoms with van der Waals surface area (Å²) in [6.07, 6.45) is 1.27. The fourth-order valence-corrected chi connectivity index (χ4v) is 4.25. The van der Waals surface area contributed by atoms with Gasteiger partial charge >= 0.3 is 0 Å². The Labute approximate surface area is 107 Å². The molecule has 1 aliphatic heterocycles. The molecule has 18 heavy (non-hydrogen) atoms. The lowest BCUT2D eigenvalue weighted by Gasteiger charge is -2.24. The second kappa shape index (κ2) is 4.38. The highest BCUT2D eigenvalue weighted by Crippen LogP contribution is 2.27. The molecular formula is C11H18N4O2S. The molecule has 3 N–H and O–H groups in total. The number of aromatic nitrogens is 2. The molecule has 1 saturated heterocycles. The number of nitrogen functional groups attached to an aromatic ring is 1. The van der Waals surface area contributed by atoms with Crippen LogP contribution < -0.4 is 11.1 Å². The largest absolute Gasteiger partial charge is 0.384 e. The maximum atomic E-state index is 11.5. The predicted octanol–water partition coefficient (Wildman–Crippen LogP) is 0.610. The molecule has 0 amide bonds. The van der Waals surface area contributed by atoms with E-state index in [2.05, 4.69) is 15.3 Å². The summed E-state index contributed by atoms with van der Waals surface area (Å²) in [4.78, 5) is 8.40. The number of rotatable bonds is 3. The third-order valence-corrected chi connectivity index (χ3v) is 4.94. The van der Waals surface area contributed by atoms with Gasteiger partial charge in [0.15, 0.2) is 9.84 Å². The normalized spacial score (nSPS) is 26.1. The van der Waals surface area contributed by atoms with Gasteiger partial charge in [0.25, 0.3) is 0 Å². The Hall–Kier alpha value is -1.37. The van der Waals surface area contributed by atoms with Crippen LogP contribution in [0.5, 0.6) is 0 Å². The summed E-state index contributed by atoms with van der Waals surface area (Å²) >= 11 is 0. The first-order valence-corrected chi connectivity index (χ1v) is 7.76. The average Bonchev–Trinajstić information content (AvgIpc) is 2.51. The Kier molecular flexibility index (Phi) is 3.18. The number of nitrogens with zero attached hydrogens (tertiary/aromatic N) is 2. The van der Waals surface area contributed by atoms with E-state index >= 15 is 0 Å². The van der Waals surface area contributed by atoms with Gasteiger partial charge in [0.2, 0.25) is 0 Å². The number of anilines is 2. The minimum Gasteiger partial charge on any atom is -0.384 e. The molecule has 7 heteroatoms. The van der Waals surface area contributed by atoms with Gasteiger partial charge in [0.1, 0.15) is 17.5 Å². The Morgan fingerprint density at radius 2 is 2.22 bits per heavy atom. The van der Waals surface area contributed by atoms with Gasteiger partial charge in [-0.05, 0) is 13.3 Å². The van der Waals surface area contributed by atoms with Crippen molar-refractivity contribution in [1.29, 1.82) is 0 Å². The van der Waals surface area contributed by atoms with Crippen molar-refractivity contribution in [3.63, 3.8) is 0 Å². The van der Waals surface area contributed by atoms with Crippen LogP contribution in [0.4, 0.5) is 11.6 Å². The monoisotopic (exact) mass is 270 g/mol. The molecule has 1 aliphatic rings. The highest BCUT2D eigenvalue weighted by Gasteiger charge is 2.38. The molecule has 1 atom stereocenters. The van der Waals surface area contributed by atoms with E-state index < -0.39 is 15.4 Å². The highest BCUT2D eigenvalue weighted by molar-refractivity contribution is 7.91. The van der Waals surface area contributed by atoms with E-state index in [-0.39, 0.29) is 11.5 Å². The van der Waals surface area contributed by atoms with Crippen LogP contribution in [0.25, 0.3) is 0 Å². The lowest BCUT2D eigenvalue weighted by atomic mass is 10.0. The molecule has 6 nitrogen and oxygen atoms in total. The van der Waals surface area contributed by atoms with Crippen molar-refractivity contribution < 1.29 is 8.42 Å². The maximum Gasteiger partial charge on any atom is 0.152 e. The Bertz CT molecular complexity index is 558. The zero-order chi connectivity index (χ0) is 13.4. The van der Waals surface area contributed by atoms with Crippen molar-refractivity contribution in [2.75, 3.05) is 22.6 Å². The van der Waals surface area contributed by atoms with E-state index in [1.54, 1.807) is 6.07 Å². The number of sulfone groups is 1. The van der Waals surface area contributed by atoms with Gasteiger partial charge in [-0.3, -0.25) is 0 Å². The molecule has 1 aromatic rings. The van der Waals surface area contributed by atoms with Gasteiger partial charge in [-0.2, -0.15) is 0 Å². The molecule has 0 bridgehead atoms. The number of hydrogen-bond acceptors (Lipinski definition) is 6. The fourth-order valence-electron chi connectivity index (χ4n) is 2.16. The third kappa shape index (κ3) is 2.90. The molecule has 1 fully saturated rings. The lowest BCUT2D eigenvalue weighted by molar-refractivity contribution is 0.571. The van der Waals surface area contributed by atoms with E-state index in [1.165, 1.54) is 0 Å². The van der Waals surface area contributed by atoms with Crippen LogP contribution in [-0.4, -0.2) is 35.4 Å². The summed E-state index contributed by atoms with van der Waals surface area (Å²) in [6, 6.07) is 1.63. The molecule has 100 valence electrons. The molecule has 2 heterocycles. The molecule has 1 unspecified atom stereocenters. The van der Waals surface area contributed by atoms with Gasteiger partial charge in [0.05, 0.1) is 17.0 Å². The van der Waals surface area contributed by atoms with Crippen LogP contribution in [0, 0.1) is 0 Å². The molecular weight excluding hydrogens is 252 g/mol. The van der Waals surface area contributed by atoms with Crippen molar-refractivity contribution in [3.8, 4) is 0 Å². The van der Waals surface area contributed by atoms with Gasteiger partial charge < -0.3 is 11.1 Å². The molecule has 0 spiro atoms. The minimum atomic E-state index is -2.94. The smallest absolute Gasteiger partial charge is 0.152 e. The topological polar surface area (TPSA) is 98.0 Å². The Morgan fingerprint density at radius 1 is 1.50 bits per heavy atom. The lowest BCUT2D eigenvalue weighted by Crippen LogP contribution is -2.36. The molecule has 0 aliphatic carbocycles. The first kappa shape index (κ1) is 13.1. The predicted molar refractivity (Wildman–Crippen MR) is 71.1 cm³/mol. The number of hydrogen-bond donors (Lipinski definition) is 2. The van der Waals surface area contributed by atoms with E-state index in [4.69, 9.17) is 5.73 Å². The SMILES string of the molecule is CCc1nc(N)cc(NC2(C)CCS(=O)(=O)C2)n1. The molecule has 2 rings (SSSR count). The van der Waals surface area contributed by atoms with Crippen molar-refractivity contribution in [3.05, 3.63) is 11.9 Å². The van der Waals surface area contributed by atoms with Gasteiger partial charge in [-0.1, -0.05) is 6.92 Å². The first-order chi connectivity index (χ1) is 8.32. The van der Waals surface area contributed by atoms with Crippen molar-refractivity contribution in [2.24, 2.45) is 0 Å². The van der Waals surface area contributed by atoms with E-state index in [9.17, 15) is 8.42 Å². The van der Waals surface area contributed by atoms with Crippen LogP contribution in [-0.2, 0) is 16.3 Å². The van der Waals surface area contributed by atoms with E-state index in [1.807, 2.05) is 13.8 Å². The first-order valence-electron chi connectivity index (χ1n) is 5.94. The fraction of sp³-hybridized carbons (Fsp3) is 0.636. The second-order valence-corrected chi connectivity index (χ2v) is 7.16. The summed E-state index contributed by atoms with van der Waals surface area (Å²) in [5, 5.41) is 3.18. The zero-order valence-corrected chi connectivity index (χ0v) is 11.4. The van der Waals surface area contributed by atoms with Gasteiger partial charge in [-0.15, -0.1) is 0 Å². The summed E-state index contributed by atoms with van der Waals surface area (Å²) < 4.78 is 23.1. The van der Waals surface area contributed by atoms with Crippen LogP contribution in [0.15, 0.2) is 6.07 Å². The maximum absolute atomic E-state index is 11.5. The molecule has 0 radical (unpaired) electrons. The Morgan fingerprint density at radius 3 is 2.78 bits per heavy atom. The Balaban J connectivity index is 2.22. The summed E-state index contributed by atoms with van der Waals surface area (Å²) in [6.45, 7) is 3.84. The van der Waals surface area contributed by atoms with Gasteiger partial charge in [-0.25, -0.2) is 18.4 Å². The summed E-state index contributed by atoms with van der Waals surface area (Å²) in [5.41, 5.74) is 5.23. The highest BCUT2D eigenvalue weighted by atomic mass is 32.2. The second-order valence-electron chi connectivity index (χ2n) is 4.98. The van der Waals surface area contributed by atoms with Crippen LogP contribution in [0.3, 0.4) is 0 Å². The van der Waals surface area contributed by atoms with Gasteiger partial charge in [0, 0.05) is 12.5 Å². The third-order valence-electron chi connectivity index (χ3n) is 3.04. The van der Waals surface area contributed by atoms with Crippen molar-refractivity contribution in [2.45, 2.75) is 32.2 Å². The van der Waals surface area contributed by atoms with Crippen molar-refractivity contribution >= 4 is 21.5 Å². The van der Waals surface area contributed by atoms with Crippen LogP contribution >= 0.6 is 0 Å². The summed E-state index contributed by atoms with van der Waals surface area (Å²) in [5.74, 6) is 2.00.